The van der Waals surface area contributed by atoms with Crippen LogP contribution in [-0.2, 0) is 4.79 Å². The van der Waals surface area contributed by atoms with E-state index in [-0.39, 0.29) is 5.91 Å². The third-order valence-electron chi connectivity index (χ3n) is 3.87. The van der Waals surface area contributed by atoms with Crippen molar-refractivity contribution in [1.82, 2.24) is 5.32 Å². The maximum Gasteiger partial charge on any atom is 0.260 e. The molecule has 1 amide bonds. The van der Waals surface area contributed by atoms with Crippen molar-refractivity contribution in [2.24, 2.45) is 0 Å². The molecule has 0 unspecified atom stereocenters. The molecule has 0 aromatic heterocycles. The molecule has 2 rings (SSSR count). The van der Waals surface area contributed by atoms with Crippen molar-refractivity contribution >= 4 is 5.91 Å². The summed E-state index contributed by atoms with van der Waals surface area (Å²) in [6.45, 7) is 8.85. The first-order valence-electron chi connectivity index (χ1n) is 8.70. The number of carbonyl (C=O) groups is 1. The molecule has 25 heavy (non-hydrogen) atoms. The van der Waals surface area contributed by atoms with Gasteiger partial charge in [0.05, 0.1) is 6.54 Å². The minimum Gasteiger partial charge on any atom is -0.492 e. The van der Waals surface area contributed by atoms with Crippen LogP contribution in [0.15, 0.2) is 48.5 Å². The zero-order valence-corrected chi connectivity index (χ0v) is 15.4. The summed E-state index contributed by atoms with van der Waals surface area (Å²) in [5, 5.41) is 2.85. The number of hydrogen-bond acceptors (Lipinski definition) is 3. The number of ether oxygens (including phenoxy) is 2. The van der Waals surface area contributed by atoms with Crippen molar-refractivity contribution in [2.45, 2.75) is 39.7 Å². The normalized spacial score (nSPS) is 11.9. The van der Waals surface area contributed by atoms with E-state index in [0.29, 0.717) is 19.1 Å². The predicted octanol–water partition coefficient (Wildman–Crippen LogP) is 4.08. The molecule has 4 nitrogen and oxygen atoms in total. The summed E-state index contributed by atoms with van der Waals surface area (Å²) in [4.78, 5) is 12.2. The van der Waals surface area contributed by atoms with Gasteiger partial charge < -0.3 is 14.8 Å². The maximum atomic E-state index is 12.2. The number of rotatable bonds is 8. The number of carbonyl (C=O) groups excluding carboxylic acids is 1. The summed E-state index contributed by atoms with van der Waals surface area (Å²) in [7, 11) is 0. The van der Waals surface area contributed by atoms with Crippen molar-refractivity contribution in [3.63, 3.8) is 0 Å². The molecule has 2 aromatic rings. The molecular formula is C21H27NO3. The predicted molar refractivity (Wildman–Crippen MR) is 100 cm³/mol. The highest BCUT2D eigenvalue weighted by atomic mass is 16.5. The van der Waals surface area contributed by atoms with Crippen molar-refractivity contribution in [3.8, 4) is 11.5 Å². The van der Waals surface area contributed by atoms with Gasteiger partial charge in [0.1, 0.15) is 18.1 Å². The first kappa shape index (κ1) is 18.8. The van der Waals surface area contributed by atoms with Crippen LogP contribution >= 0.6 is 0 Å². The van der Waals surface area contributed by atoms with Gasteiger partial charge in [-0.1, -0.05) is 44.2 Å². The van der Waals surface area contributed by atoms with Crippen molar-refractivity contribution in [2.75, 3.05) is 13.2 Å². The van der Waals surface area contributed by atoms with Gasteiger partial charge >= 0.3 is 0 Å². The molecule has 0 aliphatic rings. The molecule has 0 bridgehead atoms. The van der Waals surface area contributed by atoms with Gasteiger partial charge in [-0.15, -0.1) is 0 Å². The fraction of sp³-hybridized carbons (Fsp3) is 0.381. The summed E-state index contributed by atoms with van der Waals surface area (Å²) in [6.07, 6.45) is -0.557. The lowest BCUT2D eigenvalue weighted by Crippen LogP contribution is -2.38. The zero-order valence-electron chi connectivity index (χ0n) is 15.4. The Labute approximate surface area is 150 Å². The van der Waals surface area contributed by atoms with Crippen LogP contribution in [0.4, 0.5) is 0 Å². The molecule has 0 saturated heterocycles. The van der Waals surface area contributed by atoms with Crippen LogP contribution in [0.3, 0.4) is 0 Å². The summed E-state index contributed by atoms with van der Waals surface area (Å²) in [5.74, 6) is 1.76. The molecule has 2 aromatic carbocycles. The van der Waals surface area contributed by atoms with E-state index in [1.165, 1.54) is 0 Å². The number of benzene rings is 2. The molecule has 1 atom stereocenters. The van der Waals surface area contributed by atoms with E-state index in [1.807, 2.05) is 55.5 Å². The smallest absolute Gasteiger partial charge is 0.260 e. The van der Waals surface area contributed by atoms with E-state index in [1.54, 1.807) is 6.92 Å². The van der Waals surface area contributed by atoms with Crippen LogP contribution in [0, 0.1) is 6.92 Å². The number of aryl methyl sites for hydroxylation is 1. The highest BCUT2D eigenvalue weighted by molar-refractivity contribution is 5.80. The van der Waals surface area contributed by atoms with Crippen molar-refractivity contribution < 1.29 is 14.3 Å². The Bertz CT molecular complexity index is 697. The molecule has 0 spiro atoms. The SMILES string of the molecule is Cc1cccc(OCCNC(=O)[C@H](C)Oc2ccccc2C(C)C)c1. The van der Waals surface area contributed by atoms with Gasteiger partial charge in [0, 0.05) is 0 Å². The molecular weight excluding hydrogens is 314 g/mol. The first-order chi connectivity index (χ1) is 12.0. The van der Waals surface area contributed by atoms with E-state index >= 15 is 0 Å². The summed E-state index contributed by atoms with van der Waals surface area (Å²) in [5.41, 5.74) is 2.25. The second-order valence-electron chi connectivity index (χ2n) is 6.41. The quantitative estimate of drug-likeness (QED) is 0.736. The Morgan fingerprint density at radius 3 is 2.56 bits per heavy atom. The maximum absolute atomic E-state index is 12.2. The third-order valence-corrected chi connectivity index (χ3v) is 3.87. The lowest BCUT2D eigenvalue weighted by molar-refractivity contribution is -0.127. The lowest BCUT2D eigenvalue weighted by atomic mass is 10.0. The average Bonchev–Trinajstić information content (AvgIpc) is 2.59. The van der Waals surface area contributed by atoms with Crippen molar-refractivity contribution in [3.05, 3.63) is 59.7 Å². The molecule has 0 radical (unpaired) electrons. The number of nitrogens with one attached hydrogen (secondary N) is 1. The Morgan fingerprint density at radius 2 is 1.84 bits per heavy atom. The minimum atomic E-state index is -0.557. The average molecular weight is 341 g/mol. The standard InChI is InChI=1S/C21H27NO3/c1-15(2)19-10-5-6-11-20(19)25-17(4)21(23)22-12-13-24-18-9-7-8-16(3)14-18/h5-11,14-15,17H,12-13H2,1-4H3,(H,22,23)/t17-/m0/s1. The molecule has 0 fully saturated rings. The first-order valence-corrected chi connectivity index (χ1v) is 8.70. The zero-order chi connectivity index (χ0) is 18.2. The molecule has 134 valence electrons. The van der Waals surface area contributed by atoms with Crippen LogP contribution in [0.5, 0.6) is 11.5 Å². The Kier molecular flexibility index (Phi) is 6.87. The van der Waals surface area contributed by atoms with E-state index in [0.717, 1.165) is 22.6 Å². The summed E-state index contributed by atoms with van der Waals surface area (Å²) >= 11 is 0. The fourth-order valence-corrected chi connectivity index (χ4v) is 2.50. The highest BCUT2D eigenvalue weighted by Gasteiger charge is 2.16. The lowest BCUT2D eigenvalue weighted by Gasteiger charge is -2.18. The molecule has 0 aliphatic heterocycles. The van der Waals surface area contributed by atoms with E-state index in [4.69, 9.17) is 9.47 Å². The van der Waals surface area contributed by atoms with Gasteiger partial charge in [-0.05, 0) is 49.1 Å². The highest BCUT2D eigenvalue weighted by Crippen LogP contribution is 2.26. The molecule has 4 heteroatoms. The van der Waals surface area contributed by atoms with Crippen molar-refractivity contribution in [1.29, 1.82) is 0 Å². The van der Waals surface area contributed by atoms with E-state index in [2.05, 4.69) is 19.2 Å². The topological polar surface area (TPSA) is 47.6 Å². The van der Waals surface area contributed by atoms with Crippen LogP contribution in [0.1, 0.15) is 37.8 Å². The van der Waals surface area contributed by atoms with Crippen LogP contribution in [-0.4, -0.2) is 25.2 Å². The van der Waals surface area contributed by atoms with Crippen LogP contribution < -0.4 is 14.8 Å². The molecule has 0 aliphatic carbocycles. The number of amides is 1. The van der Waals surface area contributed by atoms with Gasteiger partial charge in [0.15, 0.2) is 6.10 Å². The van der Waals surface area contributed by atoms with Gasteiger partial charge in [0.25, 0.3) is 5.91 Å². The van der Waals surface area contributed by atoms with E-state index in [9.17, 15) is 4.79 Å². The summed E-state index contributed by atoms with van der Waals surface area (Å²) in [6, 6.07) is 15.7. The minimum absolute atomic E-state index is 0.147. The Morgan fingerprint density at radius 1 is 1.08 bits per heavy atom. The molecule has 0 saturated carbocycles. The number of para-hydroxylation sites is 1. The largest absolute Gasteiger partial charge is 0.492 e. The van der Waals surface area contributed by atoms with Gasteiger partial charge in [0.2, 0.25) is 0 Å². The Hall–Kier alpha value is -2.49. The van der Waals surface area contributed by atoms with Gasteiger partial charge in [-0.25, -0.2) is 0 Å². The monoisotopic (exact) mass is 341 g/mol. The van der Waals surface area contributed by atoms with E-state index < -0.39 is 6.10 Å². The fourth-order valence-electron chi connectivity index (χ4n) is 2.50. The second kappa shape index (κ2) is 9.11. The number of hydrogen-bond donors (Lipinski definition) is 1. The van der Waals surface area contributed by atoms with Crippen LogP contribution in [0.25, 0.3) is 0 Å². The molecule has 1 N–H and O–H groups in total. The van der Waals surface area contributed by atoms with Gasteiger partial charge in [-0.2, -0.15) is 0 Å². The summed E-state index contributed by atoms with van der Waals surface area (Å²) < 4.78 is 11.5. The molecule has 0 heterocycles. The van der Waals surface area contributed by atoms with Crippen LogP contribution in [0.2, 0.25) is 0 Å². The second-order valence-corrected chi connectivity index (χ2v) is 6.41. The third kappa shape index (κ3) is 5.82. The van der Waals surface area contributed by atoms with Gasteiger partial charge in [-0.3, -0.25) is 4.79 Å². The Balaban J connectivity index is 1.79.